The van der Waals surface area contributed by atoms with Gasteiger partial charge in [0.15, 0.2) is 23.3 Å². The lowest BCUT2D eigenvalue weighted by Crippen LogP contribution is -2.35. The Bertz CT molecular complexity index is 461. The van der Waals surface area contributed by atoms with Crippen LogP contribution >= 0.6 is 15.9 Å². The largest absolute Gasteiger partial charge is 0.368 e. The highest BCUT2D eigenvalue weighted by molar-refractivity contribution is 9.10. The summed E-state index contributed by atoms with van der Waals surface area (Å²) in [6.45, 7) is 0. The molecule has 0 aliphatic carbocycles. The number of benzene rings is 1. The van der Waals surface area contributed by atoms with Gasteiger partial charge in [-0.05, 0) is 15.9 Å². The lowest BCUT2D eigenvalue weighted by Gasteiger charge is -2.23. The fourth-order valence-electron chi connectivity index (χ4n) is 1.02. The van der Waals surface area contributed by atoms with Gasteiger partial charge in [-0.15, -0.1) is 0 Å². The fraction of sp³-hybridized carbons (Fsp3) is 0.250. The monoisotopic (exact) mass is 346 g/mol. The average Bonchev–Trinajstić information content (AvgIpc) is 2.22. The standard InChI is InChI=1S/C8BrF9/c9-8(17,18)7(15,16)1-2(10)4(12)6(14)5(13)3(1)11. The smallest absolute Gasteiger partial charge is 0.203 e. The molecule has 0 radical (unpaired) electrons. The summed E-state index contributed by atoms with van der Waals surface area (Å²) in [6, 6.07) is 0. The highest BCUT2D eigenvalue weighted by Gasteiger charge is 2.59. The Morgan fingerprint density at radius 3 is 1.17 bits per heavy atom. The van der Waals surface area contributed by atoms with E-state index in [1.54, 1.807) is 0 Å². The molecule has 0 aromatic heterocycles. The summed E-state index contributed by atoms with van der Waals surface area (Å²) in [5, 5.41) is 0. The second-order valence-electron chi connectivity index (χ2n) is 3.02. The van der Waals surface area contributed by atoms with Crippen LogP contribution in [-0.4, -0.2) is 4.83 Å². The van der Waals surface area contributed by atoms with E-state index in [4.69, 9.17) is 0 Å². The van der Waals surface area contributed by atoms with Gasteiger partial charge in [-0.3, -0.25) is 0 Å². The van der Waals surface area contributed by atoms with Gasteiger partial charge < -0.3 is 0 Å². The van der Waals surface area contributed by atoms with Gasteiger partial charge in [0.1, 0.15) is 5.56 Å². The summed E-state index contributed by atoms with van der Waals surface area (Å²) in [6.07, 6.45) is 0. The summed E-state index contributed by atoms with van der Waals surface area (Å²) in [7, 11) is 0. The summed E-state index contributed by atoms with van der Waals surface area (Å²) >= 11 is 1.12. The summed E-state index contributed by atoms with van der Waals surface area (Å²) in [5.74, 6) is -19.9. The zero-order valence-corrected chi connectivity index (χ0v) is 9.37. The van der Waals surface area contributed by atoms with Crippen LogP contribution in [0.5, 0.6) is 0 Å². The Morgan fingerprint density at radius 1 is 0.611 bits per heavy atom. The topological polar surface area (TPSA) is 0 Å². The van der Waals surface area contributed by atoms with Crippen LogP contribution in [0.1, 0.15) is 5.56 Å². The zero-order chi connectivity index (χ0) is 14.5. The van der Waals surface area contributed by atoms with E-state index in [1.807, 2.05) is 0 Å². The van der Waals surface area contributed by atoms with Crippen LogP contribution in [0.15, 0.2) is 0 Å². The van der Waals surface area contributed by atoms with Gasteiger partial charge in [0, 0.05) is 0 Å². The Labute approximate surface area is 102 Å². The maximum absolute atomic E-state index is 12.9. The third kappa shape index (κ3) is 2.06. The molecule has 0 heterocycles. The van der Waals surface area contributed by atoms with E-state index in [9.17, 15) is 39.5 Å². The second-order valence-corrected chi connectivity index (χ2v) is 4.01. The van der Waals surface area contributed by atoms with Gasteiger partial charge in [0.05, 0.1) is 0 Å². The molecule has 102 valence electrons. The SMILES string of the molecule is Fc1c(F)c(F)c(C(F)(F)C(F)(F)Br)c(F)c1F. The molecule has 1 rings (SSSR count). The molecule has 18 heavy (non-hydrogen) atoms. The van der Waals surface area contributed by atoms with Crippen LogP contribution < -0.4 is 0 Å². The van der Waals surface area contributed by atoms with Gasteiger partial charge in [-0.2, -0.15) is 17.6 Å². The minimum atomic E-state index is -5.63. The molecule has 0 saturated heterocycles. The van der Waals surface area contributed by atoms with Crippen molar-refractivity contribution in [3.63, 3.8) is 0 Å². The van der Waals surface area contributed by atoms with Crippen molar-refractivity contribution in [3.05, 3.63) is 34.6 Å². The fourth-order valence-corrected chi connectivity index (χ4v) is 1.22. The zero-order valence-electron chi connectivity index (χ0n) is 7.78. The van der Waals surface area contributed by atoms with Crippen molar-refractivity contribution >= 4 is 15.9 Å². The summed E-state index contributed by atoms with van der Waals surface area (Å²) in [4.78, 5) is -5.20. The Morgan fingerprint density at radius 2 is 0.889 bits per heavy atom. The number of rotatable bonds is 2. The first-order valence-electron chi connectivity index (χ1n) is 3.89. The van der Waals surface area contributed by atoms with Crippen LogP contribution in [0.4, 0.5) is 39.5 Å². The summed E-state index contributed by atoms with van der Waals surface area (Å²) < 4.78 is 114. The Balaban J connectivity index is 3.72. The van der Waals surface area contributed by atoms with Crippen molar-refractivity contribution in [1.29, 1.82) is 0 Å². The molecule has 0 saturated carbocycles. The third-order valence-corrected chi connectivity index (χ3v) is 2.38. The molecule has 0 amide bonds. The van der Waals surface area contributed by atoms with Gasteiger partial charge >= 0.3 is 10.8 Å². The van der Waals surface area contributed by atoms with E-state index >= 15 is 0 Å². The second kappa shape index (κ2) is 4.32. The van der Waals surface area contributed by atoms with Crippen molar-refractivity contribution in [3.8, 4) is 0 Å². The van der Waals surface area contributed by atoms with E-state index in [2.05, 4.69) is 0 Å². The van der Waals surface area contributed by atoms with Gasteiger partial charge in [-0.25, -0.2) is 22.0 Å². The first kappa shape index (κ1) is 15.1. The van der Waals surface area contributed by atoms with E-state index < -0.39 is 45.4 Å². The van der Waals surface area contributed by atoms with E-state index in [1.165, 1.54) is 0 Å². The number of hydrogen-bond donors (Lipinski definition) is 0. The van der Waals surface area contributed by atoms with E-state index in [-0.39, 0.29) is 0 Å². The van der Waals surface area contributed by atoms with Crippen LogP contribution in [0.25, 0.3) is 0 Å². The van der Waals surface area contributed by atoms with Gasteiger partial charge in [0.25, 0.3) is 0 Å². The number of hydrogen-bond acceptors (Lipinski definition) is 0. The molecule has 0 nitrogen and oxygen atoms in total. The van der Waals surface area contributed by atoms with Crippen molar-refractivity contribution in [2.45, 2.75) is 10.8 Å². The molecule has 1 aromatic rings. The lowest BCUT2D eigenvalue weighted by molar-refractivity contribution is -0.158. The molecule has 0 aliphatic heterocycles. The molecule has 0 N–H and O–H groups in total. The molecular formula is C8BrF9. The molecule has 0 unspecified atom stereocenters. The third-order valence-electron chi connectivity index (χ3n) is 1.88. The van der Waals surface area contributed by atoms with Gasteiger partial charge in [-0.1, -0.05) is 0 Å². The molecule has 1 aromatic carbocycles. The quantitative estimate of drug-likeness (QED) is 0.321. The van der Waals surface area contributed by atoms with Crippen molar-refractivity contribution in [2.75, 3.05) is 0 Å². The highest BCUT2D eigenvalue weighted by Crippen LogP contribution is 2.49. The molecular weight excluding hydrogens is 347 g/mol. The van der Waals surface area contributed by atoms with Crippen LogP contribution in [0.2, 0.25) is 0 Å². The molecule has 0 aliphatic rings. The molecule has 0 atom stereocenters. The van der Waals surface area contributed by atoms with Crippen LogP contribution in [-0.2, 0) is 5.92 Å². The molecule has 10 heteroatoms. The minimum Gasteiger partial charge on any atom is -0.203 e. The van der Waals surface area contributed by atoms with Crippen molar-refractivity contribution in [2.24, 2.45) is 0 Å². The van der Waals surface area contributed by atoms with E-state index in [0.29, 0.717) is 0 Å². The molecule has 0 bridgehead atoms. The van der Waals surface area contributed by atoms with Crippen LogP contribution in [0, 0.1) is 29.1 Å². The highest BCUT2D eigenvalue weighted by atomic mass is 79.9. The predicted octanol–water partition coefficient (Wildman–Crippen LogP) is 4.46. The Hall–Kier alpha value is -0.930. The van der Waals surface area contributed by atoms with Crippen molar-refractivity contribution in [1.82, 2.24) is 0 Å². The van der Waals surface area contributed by atoms with Gasteiger partial charge in [0.2, 0.25) is 5.82 Å². The number of alkyl halides is 5. The first-order chi connectivity index (χ1) is 7.93. The minimum absolute atomic E-state index is 1.12. The average molecular weight is 347 g/mol. The maximum atomic E-state index is 12.9. The molecule has 0 spiro atoms. The Kier molecular flexibility index (Phi) is 3.63. The van der Waals surface area contributed by atoms with Crippen molar-refractivity contribution < 1.29 is 39.5 Å². The normalized spacial score (nSPS) is 13.0. The number of halogens is 10. The lowest BCUT2D eigenvalue weighted by atomic mass is 10.1. The first-order valence-corrected chi connectivity index (χ1v) is 4.68. The summed E-state index contributed by atoms with van der Waals surface area (Å²) in [5.41, 5.74) is -2.90. The predicted molar refractivity (Wildman–Crippen MR) is 44.0 cm³/mol. The maximum Gasteiger partial charge on any atom is 0.368 e. The van der Waals surface area contributed by atoms with Crippen LogP contribution in [0.3, 0.4) is 0 Å². The molecule has 0 fully saturated rings. The van der Waals surface area contributed by atoms with E-state index in [0.717, 1.165) is 15.9 Å².